The third kappa shape index (κ3) is 17.9. The van der Waals surface area contributed by atoms with E-state index in [-0.39, 0.29) is 12.5 Å². The zero-order valence-corrected chi connectivity index (χ0v) is 33.0. The van der Waals surface area contributed by atoms with Crippen LogP contribution >= 0.6 is 0 Å². The zero-order valence-electron chi connectivity index (χ0n) is 33.0. The third-order valence-electron chi connectivity index (χ3n) is 10.5. The van der Waals surface area contributed by atoms with E-state index in [9.17, 15) is 45.6 Å². The van der Waals surface area contributed by atoms with Gasteiger partial charge in [0.1, 0.15) is 48.8 Å². The molecule has 2 rings (SSSR count). The summed E-state index contributed by atoms with van der Waals surface area (Å²) < 4.78 is 22.6. The average Bonchev–Trinajstić information content (AvgIpc) is 3.17. The summed E-state index contributed by atoms with van der Waals surface area (Å²) in [5.74, 6) is -0.223. The van der Waals surface area contributed by atoms with E-state index in [1.807, 2.05) is 0 Å². The lowest BCUT2D eigenvalue weighted by Crippen LogP contribution is -2.65. The number of hydrogen-bond acceptors (Lipinski definition) is 13. The van der Waals surface area contributed by atoms with Crippen LogP contribution in [-0.4, -0.2) is 140 Å². The molecular formula is C40H75NO13. The second-order valence-corrected chi connectivity index (χ2v) is 15.1. The molecule has 0 saturated carbocycles. The van der Waals surface area contributed by atoms with Crippen LogP contribution in [0.25, 0.3) is 0 Å². The van der Waals surface area contributed by atoms with Crippen molar-refractivity contribution < 1.29 is 64.6 Å². The molecule has 0 bridgehead atoms. The number of amides is 1. The predicted octanol–water partition coefficient (Wildman–Crippen LogP) is 2.87. The highest BCUT2D eigenvalue weighted by Gasteiger charge is 2.50. The van der Waals surface area contributed by atoms with Gasteiger partial charge in [0.15, 0.2) is 12.6 Å². The highest BCUT2D eigenvalue weighted by Crippen LogP contribution is 2.30. The Kier molecular flexibility index (Phi) is 26.3. The highest BCUT2D eigenvalue weighted by molar-refractivity contribution is 5.76. The van der Waals surface area contributed by atoms with Gasteiger partial charge in [-0.1, -0.05) is 116 Å². The first-order chi connectivity index (χ1) is 26.1. The molecular weight excluding hydrogens is 702 g/mol. The second kappa shape index (κ2) is 29.0. The Morgan fingerprint density at radius 3 is 1.83 bits per heavy atom. The number of hydrogen-bond donors (Lipinski definition) is 9. The lowest BCUT2D eigenvalue weighted by molar-refractivity contribution is -0.359. The molecule has 2 saturated heterocycles. The zero-order chi connectivity index (χ0) is 39.7. The Hall–Kier alpha value is -1.27. The number of allylic oxidation sites excluding steroid dienone is 2. The smallest absolute Gasteiger partial charge is 0.220 e. The number of unbranched alkanes of at least 4 members (excludes halogenated alkanes) is 15. The summed E-state index contributed by atoms with van der Waals surface area (Å²) in [6.45, 7) is 2.72. The monoisotopic (exact) mass is 778 g/mol. The van der Waals surface area contributed by atoms with Crippen molar-refractivity contribution in [3.63, 3.8) is 0 Å². The molecule has 1 amide bonds. The lowest BCUT2D eigenvalue weighted by Gasteiger charge is -2.46. The van der Waals surface area contributed by atoms with Crippen molar-refractivity contribution in [2.45, 2.75) is 216 Å². The fourth-order valence-electron chi connectivity index (χ4n) is 6.94. The average molecular weight is 778 g/mol. The fourth-order valence-corrected chi connectivity index (χ4v) is 6.94. The maximum atomic E-state index is 13.0. The van der Waals surface area contributed by atoms with Crippen molar-refractivity contribution in [1.82, 2.24) is 5.32 Å². The SMILES string of the molecule is CCC/C=C\CCCCCCCC(=O)NC(COC1OC(CO)C(OC2OC(CO)C(O)C(O)C2O)C(O)C1O)C(O)CCCCCCCCCCCC. The van der Waals surface area contributed by atoms with Crippen LogP contribution in [0.5, 0.6) is 0 Å². The lowest BCUT2D eigenvalue weighted by atomic mass is 9.97. The Balaban J connectivity index is 1.93. The van der Waals surface area contributed by atoms with Gasteiger partial charge in [-0.15, -0.1) is 0 Å². The normalized spacial score (nSPS) is 30.1. The van der Waals surface area contributed by atoms with Crippen molar-refractivity contribution in [3.05, 3.63) is 12.2 Å². The largest absolute Gasteiger partial charge is 0.394 e. The van der Waals surface area contributed by atoms with Gasteiger partial charge in [0, 0.05) is 6.42 Å². The molecule has 0 aliphatic carbocycles. The fraction of sp³-hybridized carbons (Fsp3) is 0.925. The van der Waals surface area contributed by atoms with E-state index in [4.69, 9.17) is 18.9 Å². The minimum absolute atomic E-state index is 0.223. The number of aliphatic hydroxyl groups excluding tert-OH is 8. The summed E-state index contributed by atoms with van der Waals surface area (Å²) in [6.07, 6.45) is 8.16. The van der Waals surface area contributed by atoms with Gasteiger partial charge >= 0.3 is 0 Å². The first-order valence-electron chi connectivity index (χ1n) is 20.9. The van der Waals surface area contributed by atoms with Crippen molar-refractivity contribution in [1.29, 1.82) is 0 Å². The molecule has 14 heteroatoms. The van der Waals surface area contributed by atoms with Gasteiger partial charge in [-0.3, -0.25) is 4.79 Å². The number of aliphatic hydroxyl groups is 8. The van der Waals surface area contributed by atoms with Crippen molar-refractivity contribution >= 4 is 5.91 Å². The quantitative estimate of drug-likeness (QED) is 0.0378. The number of ether oxygens (including phenoxy) is 4. The van der Waals surface area contributed by atoms with E-state index in [2.05, 4.69) is 31.3 Å². The summed E-state index contributed by atoms with van der Waals surface area (Å²) in [7, 11) is 0. The van der Waals surface area contributed by atoms with Gasteiger partial charge < -0.3 is 65.1 Å². The molecule has 12 unspecified atom stereocenters. The van der Waals surface area contributed by atoms with E-state index in [0.717, 1.165) is 70.6 Å². The molecule has 54 heavy (non-hydrogen) atoms. The predicted molar refractivity (Wildman–Crippen MR) is 203 cm³/mol. The minimum Gasteiger partial charge on any atom is -0.394 e. The molecule has 14 nitrogen and oxygen atoms in total. The molecule has 318 valence electrons. The Morgan fingerprint density at radius 1 is 0.648 bits per heavy atom. The van der Waals surface area contributed by atoms with Crippen molar-refractivity contribution in [3.8, 4) is 0 Å². The first-order valence-corrected chi connectivity index (χ1v) is 20.9. The van der Waals surface area contributed by atoms with Crippen LogP contribution in [0.1, 0.15) is 142 Å². The molecule has 0 aromatic carbocycles. The van der Waals surface area contributed by atoms with Gasteiger partial charge in [0.2, 0.25) is 5.91 Å². The topological polar surface area (TPSA) is 228 Å². The molecule has 2 aliphatic heterocycles. The number of carbonyl (C=O) groups excluding carboxylic acids is 1. The molecule has 2 aliphatic rings. The van der Waals surface area contributed by atoms with E-state index in [0.29, 0.717) is 19.3 Å². The minimum atomic E-state index is -1.78. The van der Waals surface area contributed by atoms with Gasteiger partial charge in [-0.05, 0) is 32.1 Å². The van der Waals surface area contributed by atoms with E-state index >= 15 is 0 Å². The van der Waals surface area contributed by atoms with Crippen LogP contribution in [-0.2, 0) is 23.7 Å². The van der Waals surface area contributed by atoms with Crippen molar-refractivity contribution in [2.75, 3.05) is 19.8 Å². The number of rotatable bonds is 30. The summed E-state index contributed by atoms with van der Waals surface area (Å²) in [5.41, 5.74) is 0. The van der Waals surface area contributed by atoms with Crippen LogP contribution < -0.4 is 5.32 Å². The molecule has 0 spiro atoms. The Bertz CT molecular complexity index is 972. The van der Waals surface area contributed by atoms with Crippen LogP contribution in [0, 0.1) is 0 Å². The van der Waals surface area contributed by atoms with Gasteiger partial charge in [-0.25, -0.2) is 0 Å². The molecule has 2 heterocycles. The molecule has 12 atom stereocenters. The first kappa shape index (κ1) is 48.9. The van der Waals surface area contributed by atoms with Gasteiger partial charge in [0.05, 0.1) is 32.0 Å². The summed E-state index contributed by atoms with van der Waals surface area (Å²) >= 11 is 0. The number of carbonyl (C=O) groups is 1. The third-order valence-corrected chi connectivity index (χ3v) is 10.5. The maximum absolute atomic E-state index is 13.0. The number of nitrogens with one attached hydrogen (secondary N) is 1. The molecule has 0 aromatic rings. The van der Waals surface area contributed by atoms with Crippen molar-refractivity contribution in [2.24, 2.45) is 0 Å². The molecule has 9 N–H and O–H groups in total. The molecule has 2 fully saturated rings. The maximum Gasteiger partial charge on any atom is 0.220 e. The Labute approximate surface area is 323 Å². The van der Waals surface area contributed by atoms with Gasteiger partial charge in [0.25, 0.3) is 0 Å². The standard InChI is InChI=1S/C40H75NO13/c1-3-5-7-9-11-13-15-17-19-21-23-29(44)28(41-32(45)24-22-20-18-16-14-12-10-8-6-4-2)27-51-39-37(50)35(48)38(31(26-43)53-39)54-40-36(49)34(47)33(46)30(25-42)52-40/h8,10,28-31,33-40,42-44,46-50H,3-7,9,11-27H2,1-2H3,(H,41,45)/b10-8-. The highest BCUT2D eigenvalue weighted by atomic mass is 16.7. The molecule has 0 aromatic heterocycles. The summed E-state index contributed by atoms with van der Waals surface area (Å²) in [5, 5.41) is 86.2. The van der Waals surface area contributed by atoms with E-state index < -0.39 is 86.8 Å². The van der Waals surface area contributed by atoms with E-state index in [1.54, 1.807) is 0 Å². The van der Waals surface area contributed by atoms with Crippen LogP contribution in [0.4, 0.5) is 0 Å². The van der Waals surface area contributed by atoms with Crippen LogP contribution in [0.2, 0.25) is 0 Å². The van der Waals surface area contributed by atoms with Crippen LogP contribution in [0.15, 0.2) is 12.2 Å². The van der Waals surface area contributed by atoms with E-state index in [1.165, 1.54) is 38.5 Å². The molecule has 0 radical (unpaired) electrons. The summed E-state index contributed by atoms with van der Waals surface area (Å²) in [4.78, 5) is 13.0. The Morgan fingerprint density at radius 2 is 1.20 bits per heavy atom. The second-order valence-electron chi connectivity index (χ2n) is 15.1. The van der Waals surface area contributed by atoms with Crippen LogP contribution in [0.3, 0.4) is 0 Å². The van der Waals surface area contributed by atoms with Gasteiger partial charge in [-0.2, -0.15) is 0 Å². The summed E-state index contributed by atoms with van der Waals surface area (Å²) in [6, 6.07) is -0.824.